The smallest absolute Gasteiger partial charge is 0.416 e. The summed E-state index contributed by atoms with van der Waals surface area (Å²) in [7, 11) is 0. The highest BCUT2D eigenvalue weighted by Gasteiger charge is 2.31. The standard InChI is InChI=1S/C26H19F3N4O2/c27-26(28,29)17-6-4-7-18(15-17)35-25-23(20-8-1-2-9-22(20)32-33-25)24(34)31-13-11-16-5-3-10-21-19(16)12-14-30-21/h1-10,12,14-15,30H,11,13H2,(H,31,34). The average molecular weight is 476 g/mol. The minimum atomic E-state index is -4.53. The van der Waals surface area contributed by atoms with Crippen molar-refractivity contribution in [1.29, 1.82) is 0 Å². The Morgan fingerprint density at radius 3 is 2.63 bits per heavy atom. The number of fused-ring (bicyclic) bond motifs is 2. The fourth-order valence-corrected chi connectivity index (χ4v) is 3.94. The van der Waals surface area contributed by atoms with Crippen molar-refractivity contribution in [2.24, 2.45) is 0 Å². The van der Waals surface area contributed by atoms with Crippen LogP contribution < -0.4 is 10.1 Å². The number of hydrogen-bond acceptors (Lipinski definition) is 4. The fraction of sp³-hybridized carbons (Fsp3) is 0.115. The minimum Gasteiger partial charge on any atom is -0.437 e. The zero-order valence-electron chi connectivity index (χ0n) is 18.3. The number of carbonyl (C=O) groups excluding carboxylic acids is 1. The van der Waals surface area contributed by atoms with Gasteiger partial charge in [0.15, 0.2) is 0 Å². The van der Waals surface area contributed by atoms with E-state index >= 15 is 0 Å². The van der Waals surface area contributed by atoms with Gasteiger partial charge in [0.1, 0.15) is 11.3 Å². The molecule has 9 heteroatoms. The van der Waals surface area contributed by atoms with Crippen LogP contribution in [0, 0.1) is 0 Å². The number of hydrogen-bond donors (Lipinski definition) is 2. The Balaban J connectivity index is 1.42. The number of rotatable bonds is 6. The third kappa shape index (κ3) is 4.65. The van der Waals surface area contributed by atoms with Gasteiger partial charge in [0.25, 0.3) is 11.8 Å². The number of amides is 1. The number of ether oxygens (including phenoxy) is 1. The molecule has 2 heterocycles. The van der Waals surface area contributed by atoms with E-state index in [1.807, 2.05) is 30.5 Å². The van der Waals surface area contributed by atoms with E-state index in [4.69, 9.17) is 4.74 Å². The molecule has 5 aromatic rings. The van der Waals surface area contributed by atoms with Gasteiger partial charge in [-0.2, -0.15) is 13.2 Å². The highest BCUT2D eigenvalue weighted by atomic mass is 19.4. The summed E-state index contributed by atoms with van der Waals surface area (Å²) in [6.07, 6.45) is -2.09. The van der Waals surface area contributed by atoms with Gasteiger partial charge in [-0.25, -0.2) is 0 Å². The molecule has 176 valence electrons. The molecule has 0 bridgehead atoms. The number of halogens is 3. The molecule has 0 atom stereocenters. The van der Waals surface area contributed by atoms with Gasteiger partial charge in [-0.15, -0.1) is 10.2 Å². The summed E-state index contributed by atoms with van der Waals surface area (Å²) in [5.41, 5.74) is 1.78. The van der Waals surface area contributed by atoms with Crippen LogP contribution >= 0.6 is 0 Å². The monoisotopic (exact) mass is 476 g/mol. The van der Waals surface area contributed by atoms with E-state index < -0.39 is 17.6 Å². The Labute approximate surface area is 197 Å². The second kappa shape index (κ2) is 9.09. The molecule has 35 heavy (non-hydrogen) atoms. The SMILES string of the molecule is O=C(NCCc1cccc2[nH]ccc12)c1c(Oc2cccc(C(F)(F)F)c2)nnc2ccccc12. The summed E-state index contributed by atoms with van der Waals surface area (Å²) in [5.74, 6) is -0.731. The molecule has 0 aliphatic rings. The summed E-state index contributed by atoms with van der Waals surface area (Å²) in [5, 5.41) is 12.5. The zero-order chi connectivity index (χ0) is 24.4. The normalized spacial score (nSPS) is 11.6. The van der Waals surface area contributed by atoms with Crippen molar-refractivity contribution >= 4 is 27.7 Å². The van der Waals surface area contributed by atoms with Gasteiger partial charge in [-0.1, -0.05) is 36.4 Å². The Bertz CT molecular complexity index is 1530. The molecule has 0 saturated carbocycles. The topological polar surface area (TPSA) is 79.9 Å². The fourth-order valence-electron chi connectivity index (χ4n) is 3.94. The van der Waals surface area contributed by atoms with E-state index in [9.17, 15) is 18.0 Å². The summed E-state index contributed by atoms with van der Waals surface area (Å²) >= 11 is 0. The van der Waals surface area contributed by atoms with Crippen molar-refractivity contribution in [2.75, 3.05) is 6.54 Å². The Kier molecular flexibility index (Phi) is 5.82. The lowest BCUT2D eigenvalue weighted by atomic mass is 10.1. The summed E-state index contributed by atoms with van der Waals surface area (Å²) in [6.45, 7) is 0.336. The molecule has 0 radical (unpaired) electrons. The third-order valence-corrected chi connectivity index (χ3v) is 5.60. The van der Waals surface area contributed by atoms with Crippen molar-refractivity contribution in [3.63, 3.8) is 0 Å². The number of carbonyl (C=O) groups is 1. The van der Waals surface area contributed by atoms with Gasteiger partial charge in [-0.05, 0) is 48.4 Å². The number of alkyl halides is 3. The van der Waals surface area contributed by atoms with Crippen LogP contribution in [0.5, 0.6) is 11.6 Å². The molecular formula is C26H19F3N4O2. The van der Waals surface area contributed by atoms with Gasteiger partial charge >= 0.3 is 6.18 Å². The molecule has 1 amide bonds. The van der Waals surface area contributed by atoms with Gasteiger partial charge in [-0.3, -0.25) is 4.79 Å². The molecule has 5 rings (SSSR count). The van der Waals surface area contributed by atoms with Crippen LogP contribution in [0.1, 0.15) is 21.5 Å². The number of nitrogens with one attached hydrogen (secondary N) is 2. The quantitative estimate of drug-likeness (QED) is 0.320. The highest BCUT2D eigenvalue weighted by molar-refractivity contribution is 6.07. The predicted molar refractivity (Wildman–Crippen MR) is 125 cm³/mol. The van der Waals surface area contributed by atoms with Crippen LogP contribution in [0.25, 0.3) is 21.8 Å². The first-order valence-corrected chi connectivity index (χ1v) is 10.8. The second-order valence-corrected chi connectivity index (χ2v) is 7.89. The molecular weight excluding hydrogens is 457 g/mol. The lowest BCUT2D eigenvalue weighted by molar-refractivity contribution is -0.137. The Morgan fingerprint density at radius 1 is 0.943 bits per heavy atom. The molecule has 0 aliphatic heterocycles. The van der Waals surface area contributed by atoms with E-state index in [2.05, 4.69) is 20.5 Å². The van der Waals surface area contributed by atoms with Gasteiger partial charge < -0.3 is 15.0 Å². The van der Waals surface area contributed by atoms with Crippen LogP contribution in [0.2, 0.25) is 0 Å². The third-order valence-electron chi connectivity index (χ3n) is 5.60. The highest BCUT2D eigenvalue weighted by Crippen LogP contribution is 2.34. The molecule has 0 fully saturated rings. The molecule has 2 aromatic heterocycles. The number of nitrogens with zero attached hydrogens (tertiary/aromatic N) is 2. The number of aromatic nitrogens is 3. The minimum absolute atomic E-state index is 0.0995. The van der Waals surface area contributed by atoms with Gasteiger partial charge in [0.05, 0.1) is 11.1 Å². The first-order chi connectivity index (χ1) is 16.9. The van der Waals surface area contributed by atoms with Gasteiger partial charge in [0.2, 0.25) is 0 Å². The molecule has 0 aliphatic carbocycles. The molecule has 3 aromatic carbocycles. The van der Waals surface area contributed by atoms with Crippen molar-refractivity contribution in [2.45, 2.75) is 12.6 Å². The second-order valence-electron chi connectivity index (χ2n) is 7.89. The van der Waals surface area contributed by atoms with Crippen molar-refractivity contribution < 1.29 is 22.7 Å². The summed E-state index contributed by atoms with van der Waals surface area (Å²) < 4.78 is 45.0. The van der Waals surface area contributed by atoms with Crippen LogP contribution in [-0.4, -0.2) is 27.6 Å². The first kappa shape index (κ1) is 22.4. The molecule has 0 unspecified atom stereocenters. The molecule has 2 N–H and O–H groups in total. The number of H-pyrrole nitrogens is 1. The van der Waals surface area contributed by atoms with E-state index in [0.29, 0.717) is 23.9 Å². The Hall–Kier alpha value is -4.40. The Morgan fingerprint density at radius 2 is 1.77 bits per heavy atom. The first-order valence-electron chi connectivity index (χ1n) is 10.8. The predicted octanol–water partition coefficient (Wildman–Crippen LogP) is 5.89. The van der Waals surface area contributed by atoms with E-state index in [0.717, 1.165) is 28.6 Å². The molecule has 0 saturated heterocycles. The number of aromatic amines is 1. The van der Waals surface area contributed by atoms with Gasteiger partial charge in [0, 0.05) is 29.0 Å². The van der Waals surface area contributed by atoms with Crippen molar-refractivity contribution in [3.05, 3.63) is 95.7 Å². The van der Waals surface area contributed by atoms with Crippen LogP contribution in [0.15, 0.2) is 79.0 Å². The maximum absolute atomic E-state index is 13.3. The van der Waals surface area contributed by atoms with E-state index in [1.54, 1.807) is 24.3 Å². The van der Waals surface area contributed by atoms with Crippen LogP contribution in [0.3, 0.4) is 0 Å². The van der Waals surface area contributed by atoms with E-state index in [1.165, 1.54) is 12.1 Å². The van der Waals surface area contributed by atoms with E-state index in [-0.39, 0.29) is 17.2 Å². The van der Waals surface area contributed by atoms with Crippen molar-refractivity contribution in [1.82, 2.24) is 20.5 Å². The summed E-state index contributed by atoms with van der Waals surface area (Å²) in [4.78, 5) is 16.4. The maximum atomic E-state index is 13.3. The molecule has 0 spiro atoms. The zero-order valence-corrected chi connectivity index (χ0v) is 18.3. The maximum Gasteiger partial charge on any atom is 0.416 e. The average Bonchev–Trinajstić information content (AvgIpc) is 3.33. The lowest BCUT2D eigenvalue weighted by Crippen LogP contribution is -2.26. The van der Waals surface area contributed by atoms with Crippen LogP contribution in [0.4, 0.5) is 13.2 Å². The number of benzene rings is 3. The van der Waals surface area contributed by atoms with Crippen LogP contribution in [-0.2, 0) is 12.6 Å². The van der Waals surface area contributed by atoms with Crippen molar-refractivity contribution in [3.8, 4) is 11.6 Å². The lowest BCUT2D eigenvalue weighted by Gasteiger charge is -2.14. The largest absolute Gasteiger partial charge is 0.437 e. The summed E-state index contributed by atoms with van der Waals surface area (Å²) in [6, 6.07) is 19.2. The molecule has 6 nitrogen and oxygen atoms in total.